The van der Waals surface area contributed by atoms with E-state index >= 15 is 0 Å². The van der Waals surface area contributed by atoms with E-state index in [1.807, 2.05) is 6.92 Å². The van der Waals surface area contributed by atoms with E-state index in [4.69, 9.17) is 0 Å². The van der Waals surface area contributed by atoms with Crippen LogP contribution in [0.4, 0.5) is 0 Å². The quantitative estimate of drug-likeness (QED) is 0.602. The second-order valence-electron chi connectivity index (χ2n) is 4.79. The summed E-state index contributed by atoms with van der Waals surface area (Å²) >= 11 is 0. The van der Waals surface area contributed by atoms with E-state index in [0.717, 1.165) is 25.4 Å². The predicted molar refractivity (Wildman–Crippen MR) is 70.6 cm³/mol. The van der Waals surface area contributed by atoms with Gasteiger partial charge in [0.05, 0.1) is 6.54 Å². The molecular weight excluding hydrogens is 198 g/mol. The Morgan fingerprint density at radius 1 is 1.06 bits per heavy atom. The zero-order chi connectivity index (χ0) is 12.6. The molecule has 0 saturated heterocycles. The molecule has 0 aliphatic rings. The first-order valence-electron chi connectivity index (χ1n) is 6.83. The summed E-state index contributed by atoms with van der Waals surface area (Å²) in [6, 6.07) is 0. The van der Waals surface area contributed by atoms with E-state index in [9.17, 15) is 4.79 Å². The van der Waals surface area contributed by atoms with Gasteiger partial charge < -0.3 is 0 Å². The van der Waals surface area contributed by atoms with Crippen LogP contribution >= 0.6 is 0 Å². The molecule has 1 unspecified atom stereocenters. The van der Waals surface area contributed by atoms with Gasteiger partial charge in [0.2, 0.25) is 0 Å². The summed E-state index contributed by atoms with van der Waals surface area (Å²) in [7, 11) is 0. The van der Waals surface area contributed by atoms with Crippen molar-refractivity contribution >= 4 is 5.78 Å². The maximum atomic E-state index is 11.9. The van der Waals surface area contributed by atoms with Gasteiger partial charge in [-0.3, -0.25) is 9.69 Å². The third-order valence-electron chi connectivity index (χ3n) is 3.66. The average Bonchev–Trinajstić information content (AvgIpc) is 2.32. The molecule has 0 aromatic heterocycles. The van der Waals surface area contributed by atoms with E-state index in [1.54, 1.807) is 0 Å². The summed E-state index contributed by atoms with van der Waals surface area (Å²) in [5.41, 5.74) is 0. The number of hydrogen-bond acceptors (Lipinski definition) is 2. The predicted octanol–water partition coefficient (Wildman–Crippen LogP) is 3.36. The second-order valence-corrected chi connectivity index (χ2v) is 4.79. The van der Waals surface area contributed by atoms with Crippen molar-refractivity contribution in [2.24, 2.45) is 11.8 Å². The number of rotatable bonds is 9. The Balaban J connectivity index is 4.13. The maximum Gasteiger partial charge on any atom is 0.149 e. The molecule has 0 saturated carbocycles. The van der Waals surface area contributed by atoms with Crippen LogP contribution in [0, 0.1) is 11.8 Å². The van der Waals surface area contributed by atoms with Gasteiger partial charge in [-0.05, 0) is 18.9 Å². The lowest BCUT2D eigenvalue weighted by molar-refractivity contribution is -0.123. The van der Waals surface area contributed by atoms with Crippen molar-refractivity contribution in [2.45, 2.75) is 53.9 Å². The number of hydrogen-bond donors (Lipinski definition) is 0. The van der Waals surface area contributed by atoms with Crippen LogP contribution in [0.3, 0.4) is 0 Å². The zero-order valence-electron chi connectivity index (χ0n) is 11.8. The van der Waals surface area contributed by atoms with Gasteiger partial charge in [0.1, 0.15) is 5.78 Å². The molecule has 0 amide bonds. The van der Waals surface area contributed by atoms with Crippen LogP contribution in [-0.2, 0) is 4.79 Å². The fourth-order valence-electron chi connectivity index (χ4n) is 1.82. The molecule has 1 atom stereocenters. The molecule has 16 heavy (non-hydrogen) atoms. The van der Waals surface area contributed by atoms with Gasteiger partial charge in [-0.1, -0.05) is 47.5 Å². The molecule has 0 heterocycles. The summed E-state index contributed by atoms with van der Waals surface area (Å²) in [6.45, 7) is 13.4. The molecule has 0 spiro atoms. The molecule has 0 radical (unpaired) electrons. The fraction of sp³-hybridized carbons (Fsp3) is 0.929. The minimum atomic E-state index is 0.218. The highest BCUT2D eigenvalue weighted by Gasteiger charge is 2.16. The Morgan fingerprint density at radius 3 is 2.00 bits per heavy atom. The first-order chi connectivity index (χ1) is 7.58. The van der Waals surface area contributed by atoms with Crippen LogP contribution in [0.25, 0.3) is 0 Å². The minimum Gasteiger partial charge on any atom is -0.298 e. The first kappa shape index (κ1) is 15.6. The van der Waals surface area contributed by atoms with Crippen LogP contribution in [0.2, 0.25) is 0 Å². The van der Waals surface area contributed by atoms with Crippen LogP contribution in [0.1, 0.15) is 53.9 Å². The van der Waals surface area contributed by atoms with Crippen LogP contribution in [0.5, 0.6) is 0 Å². The fourth-order valence-corrected chi connectivity index (χ4v) is 1.82. The van der Waals surface area contributed by atoms with E-state index in [0.29, 0.717) is 12.3 Å². The number of nitrogens with zero attached hydrogens (tertiary/aromatic N) is 1. The van der Waals surface area contributed by atoms with E-state index in [1.165, 1.54) is 12.8 Å². The Kier molecular flexibility index (Phi) is 8.54. The Labute approximate surface area is 101 Å². The summed E-state index contributed by atoms with van der Waals surface area (Å²) in [4.78, 5) is 14.2. The Bertz CT molecular complexity index is 187. The van der Waals surface area contributed by atoms with Crippen LogP contribution in [-0.4, -0.2) is 30.3 Å². The average molecular weight is 227 g/mol. The van der Waals surface area contributed by atoms with Crippen molar-refractivity contribution in [3.8, 4) is 0 Å². The lowest BCUT2D eigenvalue weighted by atomic mass is 10.0. The van der Waals surface area contributed by atoms with Crippen molar-refractivity contribution in [1.29, 1.82) is 0 Å². The maximum absolute atomic E-state index is 11.9. The summed E-state index contributed by atoms with van der Waals surface area (Å²) in [5.74, 6) is 1.36. The third-order valence-corrected chi connectivity index (χ3v) is 3.66. The molecule has 0 fully saturated rings. The number of ketones is 1. The van der Waals surface area contributed by atoms with Gasteiger partial charge in [-0.15, -0.1) is 0 Å². The molecule has 0 rings (SSSR count). The number of Topliss-reactive ketones (excluding diaryl/α,β-unsaturated/α-hetero) is 1. The molecule has 0 bridgehead atoms. The molecule has 0 aromatic carbocycles. The number of carbonyl (C=O) groups excluding carboxylic acids is 1. The highest BCUT2D eigenvalue weighted by Crippen LogP contribution is 2.11. The largest absolute Gasteiger partial charge is 0.298 e. The van der Waals surface area contributed by atoms with E-state index in [-0.39, 0.29) is 5.92 Å². The molecule has 0 N–H and O–H groups in total. The van der Waals surface area contributed by atoms with Crippen molar-refractivity contribution in [3.05, 3.63) is 0 Å². The Morgan fingerprint density at radius 2 is 1.62 bits per heavy atom. The van der Waals surface area contributed by atoms with Gasteiger partial charge in [-0.2, -0.15) is 0 Å². The van der Waals surface area contributed by atoms with Gasteiger partial charge in [0.25, 0.3) is 0 Å². The van der Waals surface area contributed by atoms with Crippen molar-refractivity contribution in [3.63, 3.8) is 0 Å². The SMILES string of the molecule is CCC(CC)CN(CC)CC(=O)C(C)CC. The van der Waals surface area contributed by atoms with Crippen LogP contribution < -0.4 is 0 Å². The lowest BCUT2D eigenvalue weighted by Gasteiger charge is -2.25. The van der Waals surface area contributed by atoms with E-state index < -0.39 is 0 Å². The highest BCUT2D eigenvalue weighted by molar-refractivity contribution is 5.82. The van der Waals surface area contributed by atoms with Gasteiger partial charge in [0, 0.05) is 12.5 Å². The standard InChI is InChI=1S/C14H29NO/c1-6-12(5)14(16)11-15(9-4)10-13(7-2)8-3/h12-13H,6-11H2,1-5H3. The number of likely N-dealkylation sites (N-methyl/N-ethyl adjacent to an activating group) is 1. The van der Waals surface area contributed by atoms with Crippen molar-refractivity contribution < 1.29 is 4.79 Å². The van der Waals surface area contributed by atoms with Gasteiger partial charge in [-0.25, -0.2) is 0 Å². The number of carbonyl (C=O) groups is 1. The zero-order valence-corrected chi connectivity index (χ0v) is 11.8. The van der Waals surface area contributed by atoms with Gasteiger partial charge >= 0.3 is 0 Å². The molecule has 2 nitrogen and oxygen atoms in total. The minimum absolute atomic E-state index is 0.218. The summed E-state index contributed by atoms with van der Waals surface area (Å²) in [6.07, 6.45) is 3.39. The molecule has 96 valence electrons. The summed E-state index contributed by atoms with van der Waals surface area (Å²) in [5, 5.41) is 0. The normalized spacial score (nSPS) is 13.4. The van der Waals surface area contributed by atoms with E-state index in [2.05, 4.69) is 32.6 Å². The topological polar surface area (TPSA) is 20.3 Å². The molecule has 2 heteroatoms. The van der Waals surface area contributed by atoms with Crippen molar-refractivity contribution in [2.75, 3.05) is 19.6 Å². The molecule has 0 aromatic rings. The third kappa shape index (κ3) is 5.64. The second kappa shape index (κ2) is 8.74. The first-order valence-corrected chi connectivity index (χ1v) is 6.83. The summed E-state index contributed by atoms with van der Waals surface area (Å²) < 4.78 is 0. The molecule has 0 aliphatic heterocycles. The van der Waals surface area contributed by atoms with Gasteiger partial charge in [0.15, 0.2) is 0 Å². The monoisotopic (exact) mass is 227 g/mol. The Hall–Kier alpha value is -0.370. The molecular formula is C14H29NO. The van der Waals surface area contributed by atoms with Crippen LogP contribution in [0.15, 0.2) is 0 Å². The highest BCUT2D eigenvalue weighted by atomic mass is 16.1. The smallest absolute Gasteiger partial charge is 0.149 e. The van der Waals surface area contributed by atoms with Crippen molar-refractivity contribution in [1.82, 2.24) is 4.90 Å². The lowest BCUT2D eigenvalue weighted by Crippen LogP contribution is -2.35. The molecule has 0 aliphatic carbocycles.